The Labute approximate surface area is 222 Å². The summed E-state index contributed by atoms with van der Waals surface area (Å²) in [6.45, 7) is 3.46. The molecule has 5 rings (SSSR count). The number of halogens is 3. The van der Waals surface area contributed by atoms with Gasteiger partial charge in [-0.25, -0.2) is 9.97 Å². The van der Waals surface area contributed by atoms with Gasteiger partial charge in [0.05, 0.1) is 20.9 Å². The average molecular weight is 553 g/mol. The highest BCUT2D eigenvalue weighted by atomic mass is 32.1. The van der Waals surface area contributed by atoms with Crippen LogP contribution in [0.4, 0.5) is 13.2 Å². The summed E-state index contributed by atoms with van der Waals surface area (Å²) in [5, 5.41) is 4.35. The van der Waals surface area contributed by atoms with E-state index in [2.05, 4.69) is 20.2 Å². The van der Waals surface area contributed by atoms with Crippen LogP contribution in [-0.4, -0.2) is 59.2 Å². The van der Waals surface area contributed by atoms with Crippen molar-refractivity contribution in [1.29, 1.82) is 0 Å². The first-order valence-corrected chi connectivity index (χ1v) is 14.4. The van der Waals surface area contributed by atoms with Gasteiger partial charge in [-0.2, -0.15) is 13.2 Å². The highest BCUT2D eigenvalue weighted by Crippen LogP contribution is 2.31. The van der Waals surface area contributed by atoms with Gasteiger partial charge >= 0.3 is 6.18 Å². The molecule has 3 heterocycles. The van der Waals surface area contributed by atoms with Crippen LogP contribution in [0.1, 0.15) is 58.0 Å². The first-order valence-electron chi connectivity index (χ1n) is 12.8. The molecule has 1 saturated carbocycles. The molecule has 200 valence electrons. The van der Waals surface area contributed by atoms with Crippen LogP contribution < -0.4 is 10.1 Å². The van der Waals surface area contributed by atoms with Crippen LogP contribution in [0.15, 0.2) is 18.2 Å². The Hall–Kier alpha value is -2.24. The summed E-state index contributed by atoms with van der Waals surface area (Å²) in [6.07, 6.45) is 2.55. The smallest absolute Gasteiger partial charge is 0.422 e. The summed E-state index contributed by atoms with van der Waals surface area (Å²) in [7, 11) is 0. The van der Waals surface area contributed by atoms with Gasteiger partial charge in [-0.1, -0.05) is 11.3 Å². The fourth-order valence-corrected chi connectivity index (χ4v) is 7.03. The molecule has 0 unspecified atom stereocenters. The topological polar surface area (TPSA) is 67.4 Å². The molecule has 0 saturated heterocycles. The van der Waals surface area contributed by atoms with Gasteiger partial charge in [0.1, 0.15) is 0 Å². The van der Waals surface area contributed by atoms with Gasteiger partial charge in [0, 0.05) is 36.0 Å². The monoisotopic (exact) mass is 552 g/mol. The molecule has 11 heteroatoms. The number of thiazole rings is 2. The van der Waals surface area contributed by atoms with Crippen LogP contribution in [0.2, 0.25) is 0 Å². The number of alkyl halides is 3. The predicted molar refractivity (Wildman–Crippen MR) is 140 cm³/mol. The fraction of sp³-hybridized carbons (Fsp3) is 0.577. The van der Waals surface area contributed by atoms with E-state index in [1.807, 2.05) is 25.1 Å². The quantitative estimate of drug-likeness (QED) is 0.402. The Kier molecular flexibility index (Phi) is 8.02. The number of hydrogen-bond acceptors (Lipinski definition) is 7. The number of rotatable bonds is 7. The number of ether oxygens (including phenoxy) is 1. The lowest BCUT2D eigenvalue weighted by Gasteiger charge is -2.30. The summed E-state index contributed by atoms with van der Waals surface area (Å²) < 4.78 is 43.1. The standard InChI is InChI=1S/C26H31F3N4O2S2/c1-16-30-20-7-4-18(14-23(20)36-16)24(34)31-19-5-2-17(3-6-19)8-11-33-12-9-21-22(10-13-33)37-25(32-21)35-15-26(27,28)29/h4,7,14,17,19H,2-3,5-6,8-13,15H2,1H3,(H,31,34)/t17-,19-. The van der Waals surface area contributed by atoms with Gasteiger partial charge in [-0.3, -0.25) is 4.79 Å². The Bertz CT molecular complexity index is 1210. The number of amides is 1. The van der Waals surface area contributed by atoms with E-state index < -0.39 is 12.8 Å². The molecular formula is C26H31F3N4O2S2. The molecule has 2 aliphatic rings. The number of fused-ring (bicyclic) bond motifs is 2. The third kappa shape index (κ3) is 7.00. The minimum absolute atomic E-state index is 0.00555. The van der Waals surface area contributed by atoms with E-state index in [1.54, 1.807) is 11.3 Å². The van der Waals surface area contributed by atoms with E-state index in [0.717, 1.165) is 90.4 Å². The summed E-state index contributed by atoms with van der Waals surface area (Å²) in [6, 6.07) is 5.93. The van der Waals surface area contributed by atoms with Crippen molar-refractivity contribution in [2.75, 3.05) is 26.2 Å². The molecule has 1 aromatic carbocycles. The second kappa shape index (κ2) is 11.2. The van der Waals surface area contributed by atoms with Crippen LogP contribution >= 0.6 is 22.7 Å². The largest absolute Gasteiger partial charge is 0.460 e. The fourth-order valence-electron chi connectivity index (χ4n) is 5.23. The van der Waals surface area contributed by atoms with Gasteiger partial charge < -0.3 is 15.0 Å². The molecule has 0 atom stereocenters. The second-order valence-corrected chi connectivity index (χ2v) is 12.3. The van der Waals surface area contributed by atoms with Crippen molar-refractivity contribution in [2.24, 2.45) is 5.92 Å². The van der Waals surface area contributed by atoms with Crippen LogP contribution in [0.25, 0.3) is 10.2 Å². The minimum atomic E-state index is -4.35. The molecule has 3 aromatic rings. The highest BCUT2D eigenvalue weighted by molar-refractivity contribution is 7.18. The molecule has 37 heavy (non-hydrogen) atoms. The number of aromatic nitrogens is 2. The maximum absolute atomic E-state index is 12.8. The van der Waals surface area contributed by atoms with Crippen molar-refractivity contribution < 1.29 is 22.7 Å². The number of carbonyl (C=O) groups is 1. The minimum Gasteiger partial charge on any atom is -0.460 e. The lowest BCUT2D eigenvalue weighted by molar-refractivity contribution is -0.153. The Morgan fingerprint density at radius 2 is 1.92 bits per heavy atom. The second-order valence-electron chi connectivity index (χ2n) is 9.99. The Balaban J connectivity index is 1.03. The molecular weight excluding hydrogens is 521 g/mol. The summed E-state index contributed by atoms with van der Waals surface area (Å²) in [4.78, 5) is 25.0. The summed E-state index contributed by atoms with van der Waals surface area (Å²) in [5.41, 5.74) is 2.52. The lowest BCUT2D eigenvalue weighted by Crippen LogP contribution is -2.38. The van der Waals surface area contributed by atoms with Gasteiger partial charge in [-0.15, -0.1) is 11.3 Å². The maximum Gasteiger partial charge on any atom is 0.422 e. The SMILES string of the molecule is Cc1nc2ccc(C(=O)N[C@H]3CC[C@H](CCN4CCc5nc(OCC(F)(F)F)sc5CC4)CC3)cc2s1. The Morgan fingerprint density at radius 3 is 2.70 bits per heavy atom. The lowest BCUT2D eigenvalue weighted by atomic mass is 9.84. The normalized spacial score (nSPS) is 21.0. The highest BCUT2D eigenvalue weighted by Gasteiger charge is 2.30. The van der Waals surface area contributed by atoms with Crippen LogP contribution in [0.3, 0.4) is 0 Å². The zero-order valence-electron chi connectivity index (χ0n) is 20.8. The molecule has 2 aromatic heterocycles. The van der Waals surface area contributed by atoms with Gasteiger partial charge in [0.15, 0.2) is 6.61 Å². The first kappa shape index (κ1) is 26.4. The number of carbonyl (C=O) groups excluding carboxylic acids is 1. The number of nitrogens with zero attached hydrogens (tertiary/aromatic N) is 3. The molecule has 1 aliphatic heterocycles. The van der Waals surface area contributed by atoms with Gasteiger partial charge in [0.25, 0.3) is 11.1 Å². The Morgan fingerprint density at radius 1 is 1.14 bits per heavy atom. The van der Waals surface area contributed by atoms with Gasteiger partial charge in [0.2, 0.25) is 0 Å². The number of aryl methyl sites for hydroxylation is 1. The van der Waals surface area contributed by atoms with Crippen molar-refractivity contribution >= 4 is 38.8 Å². The summed E-state index contributed by atoms with van der Waals surface area (Å²) in [5.74, 6) is 0.650. The summed E-state index contributed by atoms with van der Waals surface area (Å²) >= 11 is 2.85. The predicted octanol–water partition coefficient (Wildman–Crippen LogP) is 5.78. The van der Waals surface area contributed by atoms with E-state index >= 15 is 0 Å². The maximum atomic E-state index is 12.8. The zero-order chi connectivity index (χ0) is 26.0. The third-order valence-corrected chi connectivity index (χ3v) is 9.23. The van der Waals surface area contributed by atoms with E-state index in [-0.39, 0.29) is 17.1 Å². The van der Waals surface area contributed by atoms with Crippen LogP contribution in [0, 0.1) is 12.8 Å². The molecule has 0 bridgehead atoms. The molecule has 1 amide bonds. The van der Waals surface area contributed by atoms with Crippen molar-refractivity contribution in [3.05, 3.63) is 39.3 Å². The van der Waals surface area contributed by atoms with Crippen molar-refractivity contribution in [3.8, 4) is 5.19 Å². The number of nitrogens with one attached hydrogen (secondary N) is 1. The third-order valence-electron chi connectivity index (χ3n) is 7.23. The molecule has 0 spiro atoms. The zero-order valence-corrected chi connectivity index (χ0v) is 22.4. The van der Waals surface area contributed by atoms with E-state index in [0.29, 0.717) is 11.5 Å². The van der Waals surface area contributed by atoms with Crippen molar-refractivity contribution in [2.45, 2.75) is 64.1 Å². The van der Waals surface area contributed by atoms with Crippen LogP contribution in [-0.2, 0) is 12.8 Å². The molecule has 1 N–H and O–H groups in total. The molecule has 1 fully saturated rings. The molecule has 1 aliphatic carbocycles. The molecule has 0 radical (unpaired) electrons. The van der Waals surface area contributed by atoms with E-state index in [4.69, 9.17) is 4.74 Å². The first-order chi connectivity index (χ1) is 17.7. The average Bonchev–Trinajstić information content (AvgIpc) is 3.38. The van der Waals surface area contributed by atoms with Gasteiger partial charge in [-0.05, 0) is 76.1 Å². The van der Waals surface area contributed by atoms with E-state index in [9.17, 15) is 18.0 Å². The van der Waals surface area contributed by atoms with Crippen molar-refractivity contribution in [3.63, 3.8) is 0 Å². The van der Waals surface area contributed by atoms with E-state index in [1.165, 1.54) is 11.3 Å². The molecule has 6 nitrogen and oxygen atoms in total. The number of benzene rings is 1. The van der Waals surface area contributed by atoms with Crippen molar-refractivity contribution in [1.82, 2.24) is 20.2 Å². The number of hydrogen-bond donors (Lipinski definition) is 1. The van der Waals surface area contributed by atoms with Crippen LogP contribution in [0.5, 0.6) is 5.19 Å².